The van der Waals surface area contributed by atoms with Gasteiger partial charge in [0.2, 0.25) is 0 Å². The molecule has 0 radical (unpaired) electrons. The monoisotopic (exact) mass is 234 g/mol. The lowest BCUT2D eigenvalue weighted by atomic mass is 9.99. The van der Waals surface area contributed by atoms with Crippen LogP contribution in [-0.4, -0.2) is 23.6 Å². The average molecular weight is 234 g/mol. The van der Waals surface area contributed by atoms with Gasteiger partial charge in [0.15, 0.2) is 0 Å². The molecule has 1 aromatic carbocycles. The molecule has 0 unspecified atom stereocenters. The Balaban J connectivity index is 2.10. The predicted octanol–water partition coefficient (Wildman–Crippen LogP) is 2.17. The lowest BCUT2D eigenvalue weighted by Gasteiger charge is -2.29. The van der Waals surface area contributed by atoms with Crippen molar-refractivity contribution in [1.29, 1.82) is 0 Å². The number of nitrogens with two attached hydrogens (primary N) is 1. The summed E-state index contributed by atoms with van der Waals surface area (Å²) in [6.07, 6.45) is 0.542. The smallest absolute Gasteiger partial charge is 0.410 e. The lowest BCUT2D eigenvalue weighted by Crippen LogP contribution is -2.37. The number of benzene rings is 1. The number of hydrogen-bond donors (Lipinski definition) is 1. The number of carbonyl (C=O) groups is 1. The third-order valence-electron chi connectivity index (χ3n) is 2.84. The van der Waals surface area contributed by atoms with Gasteiger partial charge in [0.25, 0.3) is 0 Å². The minimum atomic E-state index is -0.243. The van der Waals surface area contributed by atoms with Gasteiger partial charge in [-0.05, 0) is 43.5 Å². The van der Waals surface area contributed by atoms with E-state index in [1.165, 1.54) is 5.56 Å². The van der Waals surface area contributed by atoms with Crippen LogP contribution in [0.3, 0.4) is 0 Å². The van der Waals surface area contributed by atoms with Crippen molar-refractivity contribution in [3.8, 4) is 0 Å². The summed E-state index contributed by atoms with van der Waals surface area (Å²) in [6, 6.07) is 5.88. The van der Waals surface area contributed by atoms with Crippen molar-refractivity contribution in [2.75, 3.05) is 12.3 Å². The molecule has 0 aromatic heterocycles. The summed E-state index contributed by atoms with van der Waals surface area (Å²) in [5, 5.41) is 0. The first-order valence-corrected chi connectivity index (χ1v) is 5.89. The predicted molar refractivity (Wildman–Crippen MR) is 66.6 cm³/mol. The summed E-state index contributed by atoms with van der Waals surface area (Å²) >= 11 is 0. The number of fused-ring (bicyclic) bond motifs is 1. The lowest BCUT2D eigenvalue weighted by molar-refractivity contribution is 0.0730. The van der Waals surface area contributed by atoms with Crippen LogP contribution in [0.2, 0.25) is 0 Å². The molecule has 4 heteroatoms. The SMILES string of the molecule is CC(C)OC(=O)N1CCc2ccc(N)cc2C1. The maximum Gasteiger partial charge on any atom is 0.410 e. The van der Waals surface area contributed by atoms with Crippen LogP contribution in [-0.2, 0) is 17.7 Å². The summed E-state index contributed by atoms with van der Waals surface area (Å²) in [6.45, 7) is 5.01. The van der Waals surface area contributed by atoms with E-state index in [4.69, 9.17) is 10.5 Å². The Morgan fingerprint density at radius 2 is 2.18 bits per heavy atom. The molecular weight excluding hydrogens is 216 g/mol. The maximum absolute atomic E-state index is 11.8. The number of ether oxygens (including phenoxy) is 1. The fourth-order valence-electron chi connectivity index (χ4n) is 2.01. The molecule has 1 aliphatic heterocycles. The molecule has 0 fully saturated rings. The minimum Gasteiger partial charge on any atom is -0.447 e. The summed E-state index contributed by atoms with van der Waals surface area (Å²) in [4.78, 5) is 13.5. The first-order valence-electron chi connectivity index (χ1n) is 5.89. The summed E-state index contributed by atoms with van der Waals surface area (Å²) < 4.78 is 5.19. The van der Waals surface area contributed by atoms with Crippen molar-refractivity contribution in [1.82, 2.24) is 4.90 Å². The highest BCUT2D eigenvalue weighted by molar-refractivity contribution is 5.68. The van der Waals surface area contributed by atoms with E-state index in [0.29, 0.717) is 13.1 Å². The number of amides is 1. The van der Waals surface area contributed by atoms with Crippen molar-refractivity contribution in [2.45, 2.75) is 32.9 Å². The van der Waals surface area contributed by atoms with Crippen LogP contribution in [0.4, 0.5) is 10.5 Å². The molecule has 92 valence electrons. The van der Waals surface area contributed by atoms with E-state index >= 15 is 0 Å². The number of anilines is 1. The van der Waals surface area contributed by atoms with Crippen LogP contribution in [0, 0.1) is 0 Å². The molecule has 0 saturated carbocycles. The molecule has 17 heavy (non-hydrogen) atoms. The molecule has 0 bridgehead atoms. The van der Waals surface area contributed by atoms with Gasteiger partial charge in [-0.3, -0.25) is 0 Å². The van der Waals surface area contributed by atoms with E-state index in [9.17, 15) is 4.79 Å². The topological polar surface area (TPSA) is 55.6 Å². The fourth-order valence-corrected chi connectivity index (χ4v) is 2.01. The van der Waals surface area contributed by atoms with Gasteiger partial charge in [-0.1, -0.05) is 6.07 Å². The van der Waals surface area contributed by atoms with Crippen LogP contribution in [0.15, 0.2) is 18.2 Å². The van der Waals surface area contributed by atoms with E-state index in [2.05, 4.69) is 0 Å². The third kappa shape index (κ3) is 2.70. The molecule has 0 saturated heterocycles. The van der Waals surface area contributed by atoms with Crippen molar-refractivity contribution < 1.29 is 9.53 Å². The number of rotatable bonds is 1. The average Bonchev–Trinajstić information content (AvgIpc) is 2.27. The Kier molecular flexibility index (Phi) is 3.22. The second-order valence-electron chi connectivity index (χ2n) is 4.63. The van der Waals surface area contributed by atoms with Crippen LogP contribution in [0.25, 0.3) is 0 Å². The third-order valence-corrected chi connectivity index (χ3v) is 2.84. The summed E-state index contributed by atoms with van der Waals surface area (Å²) in [7, 11) is 0. The zero-order chi connectivity index (χ0) is 12.4. The quantitative estimate of drug-likeness (QED) is 0.758. The first kappa shape index (κ1) is 11.8. The van der Waals surface area contributed by atoms with E-state index in [0.717, 1.165) is 17.7 Å². The summed E-state index contributed by atoms with van der Waals surface area (Å²) in [5.74, 6) is 0. The minimum absolute atomic E-state index is 0.0789. The van der Waals surface area contributed by atoms with Gasteiger partial charge in [-0.2, -0.15) is 0 Å². The Labute approximate surface area is 101 Å². The molecule has 1 aliphatic rings. The van der Waals surface area contributed by atoms with Gasteiger partial charge >= 0.3 is 6.09 Å². The summed E-state index contributed by atoms with van der Waals surface area (Å²) in [5.41, 5.74) is 8.88. The molecule has 1 heterocycles. The van der Waals surface area contributed by atoms with Crippen molar-refractivity contribution in [3.63, 3.8) is 0 Å². The van der Waals surface area contributed by atoms with Crippen LogP contribution >= 0.6 is 0 Å². The molecule has 2 N–H and O–H groups in total. The highest BCUT2D eigenvalue weighted by Crippen LogP contribution is 2.21. The Hall–Kier alpha value is -1.71. The molecule has 0 spiro atoms. The molecule has 0 aliphatic carbocycles. The second-order valence-corrected chi connectivity index (χ2v) is 4.63. The van der Waals surface area contributed by atoms with E-state index < -0.39 is 0 Å². The first-order chi connectivity index (χ1) is 8.06. The van der Waals surface area contributed by atoms with Gasteiger partial charge in [-0.15, -0.1) is 0 Å². The second kappa shape index (κ2) is 4.65. The number of carbonyl (C=O) groups excluding carboxylic acids is 1. The molecule has 4 nitrogen and oxygen atoms in total. The zero-order valence-corrected chi connectivity index (χ0v) is 10.3. The van der Waals surface area contributed by atoms with E-state index in [1.54, 1.807) is 4.90 Å². The van der Waals surface area contributed by atoms with Crippen molar-refractivity contribution >= 4 is 11.8 Å². The Morgan fingerprint density at radius 3 is 2.88 bits per heavy atom. The fraction of sp³-hybridized carbons (Fsp3) is 0.462. The molecule has 1 aromatic rings. The zero-order valence-electron chi connectivity index (χ0n) is 10.3. The van der Waals surface area contributed by atoms with E-state index in [1.807, 2.05) is 32.0 Å². The number of nitrogens with zero attached hydrogens (tertiary/aromatic N) is 1. The standard InChI is InChI=1S/C13H18N2O2/c1-9(2)17-13(16)15-6-5-10-3-4-12(14)7-11(10)8-15/h3-4,7,9H,5-6,8,14H2,1-2H3. The van der Waals surface area contributed by atoms with Crippen molar-refractivity contribution in [2.24, 2.45) is 0 Å². The highest BCUT2D eigenvalue weighted by atomic mass is 16.6. The Morgan fingerprint density at radius 1 is 1.41 bits per heavy atom. The van der Waals surface area contributed by atoms with Gasteiger partial charge in [0.05, 0.1) is 6.10 Å². The number of nitrogen functional groups attached to an aromatic ring is 1. The molecule has 2 rings (SSSR count). The van der Waals surface area contributed by atoms with Crippen LogP contribution < -0.4 is 5.73 Å². The van der Waals surface area contributed by atoms with Gasteiger partial charge < -0.3 is 15.4 Å². The highest BCUT2D eigenvalue weighted by Gasteiger charge is 2.22. The van der Waals surface area contributed by atoms with E-state index in [-0.39, 0.29) is 12.2 Å². The van der Waals surface area contributed by atoms with Crippen LogP contribution in [0.1, 0.15) is 25.0 Å². The van der Waals surface area contributed by atoms with Crippen molar-refractivity contribution in [3.05, 3.63) is 29.3 Å². The number of hydrogen-bond acceptors (Lipinski definition) is 3. The van der Waals surface area contributed by atoms with Gasteiger partial charge in [0.1, 0.15) is 0 Å². The van der Waals surface area contributed by atoms with Gasteiger partial charge in [0, 0.05) is 18.8 Å². The molecule has 1 amide bonds. The van der Waals surface area contributed by atoms with Crippen LogP contribution in [0.5, 0.6) is 0 Å². The molecular formula is C13H18N2O2. The largest absolute Gasteiger partial charge is 0.447 e. The normalized spacial score (nSPS) is 14.6. The Bertz CT molecular complexity index is 429. The maximum atomic E-state index is 11.8. The van der Waals surface area contributed by atoms with Gasteiger partial charge in [-0.25, -0.2) is 4.79 Å². The molecule has 0 atom stereocenters.